The topological polar surface area (TPSA) is 61.5 Å². The Labute approximate surface area is 115 Å². The van der Waals surface area contributed by atoms with E-state index in [1.807, 2.05) is 0 Å². The third-order valence-corrected chi connectivity index (χ3v) is 2.52. The van der Waals surface area contributed by atoms with Crippen molar-refractivity contribution in [1.29, 1.82) is 0 Å². The molecule has 2 aromatic carbocycles. The van der Waals surface area contributed by atoms with Gasteiger partial charge in [0, 0.05) is 11.8 Å². The molecular formula is C15H14FNO3. The van der Waals surface area contributed by atoms with Crippen LogP contribution in [0.25, 0.3) is 0 Å². The van der Waals surface area contributed by atoms with Crippen LogP contribution in [0.4, 0.5) is 10.1 Å². The smallest absolute Gasteiger partial charge is 0.342 e. The van der Waals surface area contributed by atoms with E-state index in [1.165, 1.54) is 24.3 Å². The van der Waals surface area contributed by atoms with Gasteiger partial charge in [-0.1, -0.05) is 6.07 Å². The van der Waals surface area contributed by atoms with Gasteiger partial charge in [0.15, 0.2) is 0 Å². The molecule has 0 atom stereocenters. The second-order valence-corrected chi connectivity index (χ2v) is 4.04. The average molecular weight is 275 g/mol. The zero-order valence-electron chi connectivity index (χ0n) is 10.9. The fourth-order valence-electron chi connectivity index (χ4n) is 1.66. The first-order chi connectivity index (χ1) is 9.60. The number of hydrogen-bond acceptors (Lipinski definition) is 4. The molecule has 0 radical (unpaired) electrons. The lowest BCUT2D eigenvalue weighted by Crippen LogP contribution is -2.07. The molecule has 0 amide bonds. The minimum absolute atomic E-state index is 0.205. The van der Waals surface area contributed by atoms with Gasteiger partial charge in [0.2, 0.25) is 0 Å². The van der Waals surface area contributed by atoms with Crippen LogP contribution in [0.2, 0.25) is 0 Å². The molecular weight excluding hydrogens is 261 g/mol. The predicted molar refractivity (Wildman–Crippen MR) is 73.3 cm³/mol. The summed E-state index contributed by atoms with van der Waals surface area (Å²) >= 11 is 0. The number of rotatable bonds is 4. The van der Waals surface area contributed by atoms with E-state index in [0.717, 1.165) is 0 Å². The van der Waals surface area contributed by atoms with E-state index in [2.05, 4.69) is 0 Å². The molecule has 0 saturated carbocycles. The van der Waals surface area contributed by atoms with E-state index in [1.54, 1.807) is 25.1 Å². The maximum absolute atomic E-state index is 13.1. The van der Waals surface area contributed by atoms with Gasteiger partial charge >= 0.3 is 5.97 Å². The number of benzene rings is 2. The lowest BCUT2D eigenvalue weighted by molar-refractivity contribution is 0.0523. The quantitative estimate of drug-likeness (QED) is 0.686. The summed E-state index contributed by atoms with van der Waals surface area (Å²) < 4.78 is 23.6. The lowest BCUT2D eigenvalue weighted by atomic mass is 10.2. The second-order valence-electron chi connectivity index (χ2n) is 4.04. The van der Waals surface area contributed by atoms with Crippen molar-refractivity contribution in [2.24, 2.45) is 0 Å². The number of carbonyl (C=O) groups is 1. The Kier molecular flexibility index (Phi) is 4.20. The molecule has 0 aliphatic carbocycles. The summed E-state index contributed by atoms with van der Waals surface area (Å²) in [5.74, 6) is -0.398. The summed E-state index contributed by atoms with van der Waals surface area (Å²) in [6.45, 7) is 1.95. The molecule has 104 valence electrons. The van der Waals surface area contributed by atoms with Crippen LogP contribution in [0.1, 0.15) is 17.3 Å². The summed E-state index contributed by atoms with van der Waals surface area (Å²) in [7, 11) is 0. The van der Waals surface area contributed by atoms with Crippen LogP contribution >= 0.6 is 0 Å². The van der Waals surface area contributed by atoms with Gasteiger partial charge in [0.05, 0.1) is 6.61 Å². The van der Waals surface area contributed by atoms with Crippen LogP contribution in [0.3, 0.4) is 0 Å². The molecule has 2 rings (SSSR count). The first kappa shape index (κ1) is 13.9. The molecule has 2 aromatic rings. The number of esters is 1. The van der Waals surface area contributed by atoms with E-state index < -0.39 is 11.8 Å². The molecule has 5 heteroatoms. The van der Waals surface area contributed by atoms with Gasteiger partial charge in [-0.2, -0.15) is 0 Å². The van der Waals surface area contributed by atoms with Crippen molar-refractivity contribution in [3.05, 3.63) is 53.8 Å². The number of ether oxygens (including phenoxy) is 2. The van der Waals surface area contributed by atoms with Gasteiger partial charge in [-0.3, -0.25) is 0 Å². The number of nitrogen functional groups attached to an aromatic ring is 1. The van der Waals surface area contributed by atoms with Gasteiger partial charge < -0.3 is 15.2 Å². The number of hydrogen-bond donors (Lipinski definition) is 1. The summed E-state index contributed by atoms with van der Waals surface area (Å²) in [4.78, 5) is 11.8. The first-order valence-electron chi connectivity index (χ1n) is 6.10. The summed E-state index contributed by atoms with van der Waals surface area (Å²) in [6.07, 6.45) is 0. The number of halogens is 1. The molecule has 2 N–H and O–H groups in total. The monoisotopic (exact) mass is 275 g/mol. The molecule has 0 aliphatic rings. The van der Waals surface area contributed by atoms with Gasteiger partial charge in [-0.25, -0.2) is 9.18 Å². The standard InChI is InChI=1S/C15H14FNO3/c1-2-19-15(18)13-9-11(17)6-7-14(13)20-12-5-3-4-10(16)8-12/h3-9H,2,17H2,1H3. The molecule has 0 aromatic heterocycles. The fourth-order valence-corrected chi connectivity index (χ4v) is 1.66. The largest absolute Gasteiger partial charge is 0.462 e. The van der Waals surface area contributed by atoms with Gasteiger partial charge in [0.25, 0.3) is 0 Å². The van der Waals surface area contributed by atoms with E-state index in [9.17, 15) is 9.18 Å². The maximum Gasteiger partial charge on any atom is 0.342 e. The molecule has 0 bridgehead atoms. The summed E-state index contributed by atoms with van der Waals surface area (Å²) in [5, 5.41) is 0. The minimum atomic E-state index is -0.536. The number of carbonyl (C=O) groups excluding carboxylic acids is 1. The lowest BCUT2D eigenvalue weighted by Gasteiger charge is -2.11. The van der Waals surface area contributed by atoms with E-state index >= 15 is 0 Å². The maximum atomic E-state index is 13.1. The highest BCUT2D eigenvalue weighted by Crippen LogP contribution is 2.28. The van der Waals surface area contributed by atoms with Crippen molar-refractivity contribution in [1.82, 2.24) is 0 Å². The van der Waals surface area contributed by atoms with Crippen LogP contribution in [-0.2, 0) is 4.74 Å². The number of anilines is 1. The van der Waals surface area contributed by atoms with Crippen molar-refractivity contribution < 1.29 is 18.7 Å². The van der Waals surface area contributed by atoms with Gasteiger partial charge in [0.1, 0.15) is 22.9 Å². The van der Waals surface area contributed by atoms with Crippen molar-refractivity contribution in [3.63, 3.8) is 0 Å². The van der Waals surface area contributed by atoms with Crippen molar-refractivity contribution in [2.45, 2.75) is 6.92 Å². The Morgan fingerprint density at radius 1 is 1.25 bits per heavy atom. The molecule has 0 unspecified atom stereocenters. The molecule has 4 nitrogen and oxygen atoms in total. The van der Waals surface area contributed by atoms with E-state index in [4.69, 9.17) is 15.2 Å². The molecule has 0 aliphatic heterocycles. The molecule has 0 heterocycles. The van der Waals surface area contributed by atoms with Crippen LogP contribution in [0.5, 0.6) is 11.5 Å². The normalized spacial score (nSPS) is 10.1. The molecule has 20 heavy (non-hydrogen) atoms. The SMILES string of the molecule is CCOC(=O)c1cc(N)ccc1Oc1cccc(F)c1. The Hall–Kier alpha value is -2.56. The Balaban J connectivity index is 2.33. The third kappa shape index (κ3) is 3.26. The van der Waals surface area contributed by atoms with Crippen molar-refractivity contribution >= 4 is 11.7 Å². The first-order valence-corrected chi connectivity index (χ1v) is 6.10. The van der Waals surface area contributed by atoms with Crippen molar-refractivity contribution in [3.8, 4) is 11.5 Å². The predicted octanol–water partition coefficient (Wildman–Crippen LogP) is 3.38. The van der Waals surface area contributed by atoms with Crippen LogP contribution in [-0.4, -0.2) is 12.6 Å². The average Bonchev–Trinajstić information content (AvgIpc) is 2.41. The summed E-state index contributed by atoms with van der Waals surface area (Å²) in [5.41, 5.74) is 6.28. The summed E-state index contributed by atoms with van der Waals surface area (Å²) in [6, 6.07) is 10.3. The fraction of sp³-hybridized carbons (Fsp3) is 0.133. The zero-order valence-corrected chi connectivity index (χ0v) is 10.9. The van der Waals surface area contributed by atoms with Crippen LogP contribution in [0.15, 0.2) is 42.5 Å². The Morgan fingerprint density at radius 2 is 2.05 bits per heavy atom. The second kappa shape index (κ2) is 6.06. The van der Waals surface area contributed by atoms with Gasteiger partial charge in [-0.15, -0.1) is 0 Å². The highest BCUT2D eigenvalue weighted by Gasteiger charge is 2.15. The van der Waals surface area contributed by atoms with Gasteiger partial charge in [-0.05, 0) is 37.3 Å². The third-order valence-electron chi connectivity index (χ3n) is 2.52. The molecule has 0 fully saturated rings. The molecule has 0 spiro atoms. The van der Waals surface area contributed by atoms with Crippen LogP contribution < -0.4 is 10.5 Å². The highest BCUT2D eigenvalue weighted by molar-refractivity contribution is 5.93. The van der Waals surface area contributed by atoms with E-state index in [-0.39, 0.29) is 17.9 Å². The number of nitrogens with two attached hydrogens (primary N) is 1. The Bertz CT molecular complexity index is 628. The Morgan fingerprint density at radius 3 is 2.75 bits per heavy atom. The minimum Gasteiger partial charge on any atom is -0.462 e. The highest BCUT2D eigenvalue weighted by atomic mass is 19.1. The molecule has 0 saturated heterocycles. The zero-order chi connectivity index (χ0) is 14.5. The van der Waals surface area contributed by atoms with Crippen molar-refractivity contribution in [2.75, 3.05) is 12.3 Å². The van der Waals surface area contributed by atoms with E-state index in [0.29, 0.717) is 11.4 Å². The van der Waals surface area contributed by atoms with Crippen LogP contribution in [0, 0.1) is 5.82 Å².